The molecule has 0 aliphatic carbocycles. The molecule has 1 N–H and O–H groups in total. The number of hydrogen-bond acceptors (Lipinski definition) is 2. The van der Waals surface area contributed by atoms with Crippen molar-refractivity contribution in [3.05, 3.63) is 17.9 Å². The van der Waals surface area contributed by atoms with Crippen LogP contribution in [0.3, 0.4) is 0 Å². The summed E-state index contributed by atoms with van der Waals surface area (Å²) in [6.07, 6.45) is 14.4. The molecule has 0 spiro atoms. The van der Waals surface area contributed by atoms with E-state index in [4.69, 9.17) is 4.55 Å². The fourth-order valence-corrected chi connectivity index (χ4v) is 2.01. The van der Waals surface area contributed by atoms with E-state index < -0.39 is 10.1 Å². The van der Waals surface area contributed by atoms with Gasteiger partial charge < -0.3 is 1.43 Å². The summed E-state index contributed by atoms with van der Waals surface area (Å²) < 4.78 is 29.2. The molecule has 0 amide bonds. The molecule has 0 aromatic carbocycles. The van der Waals surface area contributed by atoms with E-state index in [9.17, 15) is 8.42 Å². The van der Waals surface area contributed by atoms with Gasteiger partial charge in [-0.2, -0.15) is 8.42 Å². The predicted molar refractivity (Wildman–Crippen MR) is 77.4 cm³/mol. The summed E-state index contributed by atoms with van der Waals surface area (Å²) in [6, 6.07) is 0. The standard InChI is InChI=1S/C14H26O3S.Na.H/c1-2-3-4-5-6-7-8-9-10-11-12-13-14-18(15,16)17;;/h11,13H,2-10,14H2,1H3,(H,15,16,17);;/q;+1;-1. The first-order chi connectivity index (χ1) is 8.56. The molecule has 108 valence electrons. The molecule has 0 atom stereocenters. The molecule has 0 saturated heterocycles. The molecule has 0 unspecified atom stereocenters. The molecule has 0 rings (SSSR count). The summed E-state index contributed by atoms with van der Waals surface area (Å²) in [5.41, 5.74) is 2.77. The SMILES string of the molecule is CCCCCCCCCCC=C=CCS(=O)(=O)O.[H-].[Na+]. The van der Waals surface area contributed by atoms with Crippen LogP contribution >= 0.6 is 0 Å². The van der Waals surface area contributed by atoms with Crippen LogP contribution in [0.4, 0.5) is 0 Å². The van der Waals surface area contributed by atoms with Gasteiger partial charge in [-0.1, -0.05) is 51.9 Å². The fourth-order valence-electron chi connectivity index (χ4n) is 1.70. The summed E-state index contributed by atoms with van der Waals surface area (Å²) in [4.78, 5) is 0. The third-order valence-corrected chi connectivity index (χ3v) is 3.32. The zero-order valence-corrected chi connectivity index (χ0v) is 15.2. The Hall–Kier alpha value is 0.430. The van der Waals surface area contributed by atoms with Gasteiger partial charge in [-0.05, 0) is 25.0 Å². The Labute approximate surface area is 142 Å². The van der Waals surface area contributed by atoms with Gasteiger partial charge in [-0.3, -0.25) is 4.55 Å². The topological polar surface area (TPSA) is 54.4 Å². The quantitative estimate of drug-likeness (QED) is 0.270. The molecule has 0 saturated carbocycles. The van der Waals surface area contributed by atoms with E-state index in [0.717, 1.165) is 12.8 Å². The Kier molecular flexibility index (Phi) is 17.0. The van der Waals surface area contributed by atoms with Gasteiger partial charge in [0.05, 0.1) is 0 Å². The van der Waals surface area contributed by atoms with Crippen LogP contribution in [0.5, 0.6) is 0 Å². The van der Waals surface area contributed by atoms with Crippen molar-refractivity contribution in [1.82, 2.24) is 0 Å². The maximum absolute atomic E-state index is 10.4. The molecule has 0 aromatic heterocycles. The maximum Gasteiger partial charge on any atom is 1.00 e. The molecule has 0 aliphatic heterocycles. The van der Waals surface area contributed by atoms with E-state index >= 15 is 0 Å². The Morgan fingerprint density at radius 2 is 1.53 bits per heavy atom. The van der Waals surface area contributed by atoms with Crippen LogP contribution in [0.25, 0.3) is 0 Å². The van der Waals surface area contributed by atoms with Crippen LogP contribution < -0.4 is 29.6 Å². The van der Waals surface area contributed by atoms with E-state index in [2.05, 4.69) is 12.7 Å². The van der Waals surface area contributed by atoms with Crippen LogP contribution in [0.2, 0.25) is 0 Å². The minimum Gasteiger partial charge on any atom is -1.00 e. The molecule has 0 bridgehead atoms. The van der Waals surface area contributed by atoms with Crippen molar-refractivity contribution in [3.8, 4) is 0 Å². The van der Waals surface area contributed by atoms with Crippen molar-refractivity contribution in [2.24, 2.45) is 0 Å². The third kappa shape index (κ3) is 20.9. The second-order valence-electron chi connectivity index (χ2n) is 4.59. The van der Waals surface area contributed by atoms with Gasteiger partial charge in [-0.25, -0.2) is 0 Å². The van der Waals surface area contributed by atoms with Crippen molar-refractivity contribution in [3.63, 3.8) is 0 Å². The van der Waals surface area contributed by atoms with Crippen LogP contribution in [0, 0.1) is 0 Å². The third-order valence-electron chi connectivity index (χ3n) is 2.73. The van der Waals surface area contributed by atoms with Crippen LogP contribution in [0.1, 0.15) is 66.1 Å². The molecule has 3 nitrogen and oxygen atoms in total. The molecule has 0 heterocycles. The van der Waals surface area contributed by atoms with E-state index in [-0.39, 0.29) is 36.7 Å². The van der Waals surface area contributed by atoms with E-state index in [1.54, 1.807) is 0 Å². The van der Waals surface area contributed by atoms with Gasteiger partial charge in [-0.15, -0.1) is 5.73 Å². The number of hydrogen-bond donors (Lipinski definition) is 1. The van der Waals surface area contributed by atoms with Crippen molar-refractivity contribution in [2.75, 3.05) is 5.75 Å². The molecule has 0 radical (unpaired) electrons. The van der Waals surface area contributed by atoms with E-state index in [1.165, 1.54) is 51.0 Å². The Bertz CT molecular complexity index is 349. The van der Waals surface area contributed by atoms with Crippen LogP contribution in [-0.4, -0.2) is 18.7 Å². The van der Waals surface area contributed by atoms with Gasteiger partial charge in [0.1, 0.15) is 5.75 Å². The Morgan fingerprint density at radius 3 is 2.05 bits per heavy atom. The van der Waals surface area contributed by atoms with E-state index in [1.807, 2.05) is 6.08 Å². The molecule has 19 heavy (non-hydrogen) atoms. The zero-order valence-electron chi connectivity index (χ0n) is 13.4. The fraction of sp³-hybridized carbons (Fsp3) is 0.786. The molecular weight excluding hydrogens is 271 g/mol. The van der Waals surface area contributed by atoms with Gasteiger partial charge in [0.2, 0.25) is 0 Å². The van der Waals surface area contributed by atoms with Crippen LogP contribution in [-0.2, 0) is 10.1 Å². The predicted octanol–water partition coefficient (Wildman–Crippen LogP) is 1.23. The summed E-state index contributed by atoms with van der Waals surface area (Å²) in [5.74, 6) is -0.346. The van der Waals surface area contributed by atoms with Crippen molar-refractivity contribution < 1.29 is 44.0 Å². The number of unbranched alkanes of at least 4 members (excludes halogenated alkanes) is 8. The molecule has 0 aliphatic rings. The Morgan fingerprint density at radius 1 is 1.00 bits per heavy atom. The van der Waals surface area contributed by atoms with Gasteiger partial charge in [0.25, 0.3) is 10.1 Å². The largest absolute Gasteiger partial charge is 1.00 e. The second-order valence-corrected chi connectivity index (χ2v) is 6.08. The smallest absolute Gasteiger partial charge is 1.00 e. The van der Waals surface area contributed by atoms with Gasteiger partial charge in [0.15, 0.2) is 0 Å². The maximum atomic E-state index is 10.4. The van der Waals surface area contributed by atoms with Crippen molar-refractivity contribution in [1.29, 1.82) is 0 Å². The average molecular weight is 298 g/mol. The second kappa shape index (κ2) is 14.8. The minimum absolute atomic E-state index is 0. The summed E-state index contributed by atoms with van der Waals surface area (Å²) in [6.45, 7) is 2.22. The molecule has 0 aromatic rings. The molecule has 5 heteroatoms. The first kappa shape index (κ1) is 21.7. The monoisotopic (exact) mass is 298 g/mol. The van der Waals surface area contributed by atoms with Crippen LogP contribution in [0.15, 0.2) is 17.9 Å². The molecule has 0 fully saturated rings. The normalized spacial score (nSPS) is 10.4. The van der Waals surface area contributed by atoms with Crippen molar-refractivity contribution in [2.45, 2.75) is 64.7 Å². The first-order valence-electron chi connectivity index (χ1n) is 6.91. The zero-order chi connectivity index (χ0) is 13.7. The molecular formula is C14H27NaO3S. The van der Waals surface area contributed by atoms with E-state index in [0.29, 0.717) is 0 Å². The number of rotatable bonds is 11. The Balaban J connectivity index is -0.00000144. The van der Waals surface area contributed by atoms with Gasteiger partial charge in [0, 0.05) is 0 Å². The average Bonchev–Trinajstić information content (AvgIpc) is 2.29. The first-order valence-corrected chi connectivity index (χ1v) is 8.51. The van der Waals surface area contributed by atoms with Crippen molar-refractivity contribution >= 4 is 10.1 Å². The minimum atomic E-state index is -3.87. The summed E-state index contributed by atoms with van der Waals surface area (Å²) >= 11 is 0. The summed E-state index contributed by atoms with van der Waals surface area (Å²) in [7, 11) is -3.87. The summed E-state index contributed by atoms with van der Waals surface area (Å²) in [5, 5.41) is 0. The van der Waals surface area contributed by atoms with Gasteiger partial charge >= 0.3 is 29.6 Å².